The number of rotatable bonds is 4. The van der Waals surface area contributed by atoms with Gasteiger partial charge in [-0.25, -0.2) is 0 Å². The Morgan fingerprint density at radius 3 is 2.35 bits per heavy atom. The van der Waals surface area contributed by atoms with Gasteiger partial charge in [0.15, 0.2) is 0 Å². The van der Waals surface area contributed by atoms with E-state index in [0.717, 1.165) is 43.9 Å². The lowest BCUT2D eigenvalue weighted by atomic mass is 9.80. The SMILES string of the molecule is COc1ccccc1N1CCN([C@@H]2CCC[C@@H](c3ccccc3)C2)CC1. The second-order valence-electron chi connectivity index (χ2n) is 7.62. The Hall–Kier alpha value is -2.00. The smallest absolute Gasteiger partial charge is 0.142 e. The number of hydrogen-bond acceptors (Lipinski definition) is 3. The molecule has 3 nitrogen and oxygen atoms in total. The largest absolute Gasteiger partial charge is 0.495 e. The van der Waals surface area contributed by atoms with Crippen LogP contribution in [0.2, 0.25) is 0 Å². The lowest BCUT2D eigenvalue weighted by molar-refractivity contribution is 0.139. The highest BCUT2D eigenvalue weighted by Gasteiger charge is 2.30. The molecule has 1 aliphatic carbocycles. The summed E-state index contributed by atoms with van der Waals surface area (Å²) >= 11 is 0. The molecule has 3 heteroatoms. The van der Waals surface area contributed by atoms with Crippen LogP contribution >= 0.6 is 0 Å². The Balaban J connectivity index is 1.37. The number of piperazine rings is 1. The maximum Gasteiger partial charge on any atom is 0.142 e. The minimum Gasteiger partial charge on any atom is -0.495 e. The molecule has 0 N–H and O–H groups in total. The molecule has 2 atom stereocenters. The van der Waals surface area contributed by atoms with Crippen LogP contribution in [0, 0.1) is 0 Å². The van der Waals surface area contributed by atoms with Gasteiger partial charge in [0.25, 0.3) is 0 Å². The Labute approximate surface area is 157 Å². The highest BCUT2D eigenvalue weighted by molar-refractivity contribution is 5.58. The average molecular weight is 351 g/mol. The van der Waals surface area contributed by atoms with E-state index in [1.54, 1.807) is 7.11 Å². The molecular formula is C23H30N2O. The van der Waals surface area contributed by atoms with Crippen LogP contribution in [0.1, 0.15) is 37.2 Å². The summed E-state index contributed by atoms with van der Waals surface area (Å²) in [4.78, 5) is 5.22. The summed E-state index contributed by atoms with van der Waals surface area (Å²) in [6.45, 7) is 4.49. The van der Waals surface area contributed by atoms with Gasteiger partial charge in [0.1, 0.15) is 5.75 Å². The molecule has 1 heterocycles. The van der Waals surface area contributed by atoms with Crippen LogP contribution in [0.4, 0.5) is 5.69 Å². The number of hydrogen-bond donors (Lipinski definition) is 0. The molecule has 2 aromatic rings. The zero-order valence-corrected chi connectivity index (χ0v) is 15.8. The molecule has 1 saturated heterocycles. The summed E-state index contributed by atoms with van der Waals surface area (Å²) in [6, 6.07) is 20.3. The van der Waals surface area contributed by atoms with Crippen molar-refractivity contribution in [1.29, 1.82) is 0 Å². The van der Waals surface area contributed by atoms with Gasteiger partial charge in [-0.2, -0.15) is 0 Å². The third-order valence-corrected chi connectivity index (χ3v) is 6.17. The second kappa shape index (κ2) is 8.13. The van der Waals surface area contributed by atoms with Crippen LogP contribution in [-0.2, 0) is 0 Å². The molecular weight excluding hydrogens is 320 g/mol. The predicted molar refractivity (Wildman–Crippen MR) is 108 cm³/mol. The van der Waals surface area contributed by atoms with Crippen molar-refractivity contribution in [3.05, 3.63) is 60.2 Å². The highest BCUT2D eigenvalue weighted by Crippen LogP contribution is 2.36. The highest BCUT2D eigenvalue weighted by atomic mass is 16.5. The molecule has 2 fully saturated rings. The lowest BCUT2D eigenvalue weighted by Crippen LogP contribution is -2.51. The zero-order chi connectivity index (χ0) is 17.8. The summed E-state index contributed by atoms with van der Waals surface area (Å²) in [5.41, 5.74) is 2.77. The van der Waals surface area contributed by atoms with E-state index in [2.05, 4.69) is 58.3 Å². The van der Waals surface area contributed by atoms with Crippen molar-refractivity contribution in [3.8, 4) is 5.75 Å². The number of anilines is 1. The number of ether oxygens (including phenoxy) is 1. The molecule has 0 unspecified atom stereocenters. The third-order valence-electron chi connectivity index (χ3n) is 6.17. The van der Waals surface area contributed by atoms with Crippen molar-refractivity contribution in [1.82, 2.24) is 4.90 Å². The van der Waals surface area contributed by atoms with Gasteiger partial charge in [-0.15, -0.1) is 0 Å². The van der Waals surface area contributed by atoms with Crippen LogP contribution in [0.15, 0.2) is 54.6 Å². The van der Waals surface area contributed by atoms with E-state index in [9.17, 15) is 0 Å². The van der Waals surface area contributed by atoms with Gasteiger partial charge >= 0.3 is 0 Å². The van der Waals surface area contributed by atoms with Crippen molar-refractivity contribution < 1.29 is 4.74 Å². The first kappa shape index (κ1) is 17.4. The van der Waals surface area contributed by atoms with Gasteiger partial charge in [-0.3, -0.25) is 4.90 Å². The molecule has 138 valence electrons. The molecule has 2 aromatic carbocycles. The lowest BCUT2D eigenvalue weighted by Gasteiger charge is -2.43. The van der Waals surface area contributed by atoms with E-state index in [0.29, 0.717) is 0 Å². The number of nitrogens with zero attached hydrogens (tertiary/aromatic N) is 2. The van der Waals surface area contributed by atoms with E-state index in [4.69, 9.17) is 4.74 Å². The Morgan fingerprint density at radius 1 is 0.846 bits per heavy atom. The monoisotopic (exact) mass is 350 g/mol. The molecule has 0 spiro atoms. The predicted octanol–water partition coefficient (Wildman–Crippen LogP) is 4.54. The summed E-state index contributed by atoms with van der Waals surface area (Å²) in [5.74, 6) is 1.73. The summed E-state index contributed by atoms with van der Waals surface area (Å²) in [5, 5.41) is 0. The van der Waals surface area contributed by atoms with E-state index in [1.807, 2.05) is 6.07 Å². The van der Waals surface area contributed by atoms with Crippen LogP contribution in [0.25, 0.3) is 0 Å². The minimum atomic E-state index is 0.738. The van der Waals surface area contributed by atoms with Crippen LogP contribution in [-0.4, -0.2) is 44.2 Å². The molecule has 26 heavy (non-hydrogen) atoms. The molecule has 1 aliphatic heterocycles. The van der Waals surface area contributed by atoms with Crippen molar-refractivity contribution in [2.75, 3.05) is 38.2 Å². The zero-order valence-electron chi connectivity index (χ0n) is 15.8. The van der Waals surface area contributed by atoms with E-state index in [-0.39, 0.29) is 0 Å². The van der Waals surface area contributed by atoms with Crippen molar-refractivity contribution in [2.45, 2.75) is 37.6 Å². The maximum atomic E-state index is 5.55. The second-order valence-corrected chi connectivity index (χ2v) is 7.62. The fourth-order valence-electron chi connectivity index (χ4n) is 4.74. The summed E-state index contributed by atoms with van der Waals surface area (Å²) in [7, 11) is 1.76. The number of methoxy groups -OCH3 is 1. The topological polar surface area (TPSA) is 15.7 Å². The Kier molecular flexibility index (Phi) is 5.45. The normalized spacial score (nSPS) is 24.4. The maximum absolute atomic E-state index is 5.55. The van der Waals surface area contributed by atoms with Gasteiger partial charge < -0.3 is 9.64 Å². The van der Waals surface area contributed by atoms with E-state index in [1.165, 1.54) is 36.9 Å². The number of benzene rings is 2. The van der Waals surface area contributed by atoms with Gasteiger partial charge in [0.05, 0.1) is 12.8 Å². The first-order chi connectivity index (χ1) is 12.8. The molecule has 4 rings (SSSR count). The summed E-state index contributed by atoms with van der Waals surface area (Å²) < 4.78 is 5.55. The van der Waals surface area contributed by atoms with Crippen molar-refractivity contribution >= 4 is 5.69 Å². The first-order valence-electron chi connectivity index (χ1n) is 10.0. The first-order valence-corrected chi connectivity index (χ1v) is 10.0. The molecule has 2 aliphatic rings. The van der Waals surface area contributed by atoms with E-state index < -0.39 is 0 Å². The molecule has 0 amide bonds. The fourth-order valence-corrected chi connectivity index (χ4v) is 4.74. The Bertz CT molecular complexity index is 694. The third kappa shape index (κ3) is 3.73. The van der Waals surface area contributed by atoms with E-state index >= 15 is 0 Å². The Morgan fingerprint density at radius 2 is 1.58 bits per heavy atom. The fraction of sp³-hybridized carbons (Fsp3) is 0.478. The molecule has 0 radical (unpaired) electrons. The molecule has 0 aromatic heterocycles. The van der Waals surface area contributed by atoms with Gasteiger partial charge in [-0.05, 0) is 42.9 Å². The quantitative estimate of drug-likeness (QED) is 0.805. The standard InChI is InChI=1S/C23H30N2O/c1-26-23-13-6-5-12-22(23)25-16-14-24(15-17-25)21-11-7-10-20(18-21)19-8-3-2-4-9-19/h2-6,8-9,12-13,20-21H,7,10-11,14-18H2,1H3/t20-,21-/m1/s1. The van der Waals surface area contributed by atoms with Crippen LogP contribution < -0.4 is 9.64 Å². The molecule has 1 saturated carbocycles. The van der Waals surface area contributed by atoms with Gasteiger partial charge in [-0.1, -0.05) is 48.9 Å². The van der Waals surface area contributed by atoms with Crippen molar-refractivity contribution in [3.63, 3.8) is 0 Å². The van der Waals surface area contributed by atoms with Gasteiger partial charge in [0.2, 0.25) is 0 Å². The van der Waals surface area contributed by atoms with Gasteiger partial charge in [0, 0.05) is 32.2 Å². The molecule has 0 bridgehead atoms. The van der Waals surface area contributed by atoms with Crippen LogP contribution in [0.5, 0.6) is 5.75 Å². The summed E-state index contributed by atoms with van der Waals surface area (Å²) in [6.07, 6.45) is 5.38. The van der Waals surface area contributed by atoms with Crippen molar-refractivity contribution in [2.24, 2.45) is 0 Å². The van der Waals surface area contributed by atoms with Crippen LogP contribution in [0.3, 0.4) is 0 Å². The average Bonchev–Trinajstić information content (AvgIpc) is 2.74. The number of para-hydroxylation sites is 2. The minimum absolute atomic E-state index is 0.738.